The number of halogens is 2. The van der Waals surface area contributed by atoms with Crippen molar-refractivity contribution in [2.75, 3.05) is 13.2 Å². The SMILES string of the molecule is O=C(NCC[C@H](CCO)c1ccccc1)c1ccc(F)cc1Cl. The minimum atomic E-state index is -0.473. The molecule has 0 heterocycles. The van der Waals surface area contributed by atoms with E-state index < -0.39 is 5.82 Å². The summed E-state index contributed by atoms with van der Waals surface area (Å²) in [5.41, 5.74) is 1.39. The molecule has 1 amide bonds. The van der Waals surface area contributed by atoms with Gasteiger partial charge in [-0.1, -0.05) is 41.9 Å². The summed E-state index contributed by atoms with van der Waals surface area (Å²) >= 11 is 5.88. The predicted molar refractivity (Wildman–Crippen MR) is 89.2 cm³/mol. The van der Waals surface area contributed by atoms with E-state index in [9.17, 15) is 14.3 Å². The van der Waals surface area contributed by atoms with E-state index in [1.54, 1.807) is 0 Å². The highest BCUT2D eigenvalue weighted by molar-refractivity contribution is 6.33. The lowest BCUT2D eigenvalue weighted by Crippen LogP contribution is -2.26. The van der Waals surface area contributed by atoms with Crippen LogP contribution in [0.3, 0.4) is 0 Å². The van der Waals surface area contributed by atoms with Crippen LogP contribution in [0.5, 0.6) is 0 Å². The molecular weight excluding hydrogens is 317 g/mol. The van der Waals surface area contributed by atoms with E-state index in [2.05, 4.69) is 5.32 Å². The first-order valence-electron chi connectivity index (χ1n) is 7.51. The number of carbonyl (C=O) groups is 1. The maximum atomic E-state index is 13.0. The fraction of sp³-hybridized carbons (Fsp3) is 0.278. The molecule has 0 unspecified atom stereocenters. The maximum Gasteiger partial charge on any atom is 0.252 e. The quantitative estimate of drug-likeness (QED) is 0.809. The van der Waals surface area contributed by atoms with Crippen LogP contribution >= 0.6 is 11.6 Å². The molecule has 0 saturated carbocycles. The number of aliphatic hydroxyl groups is 1. The number of carbonyl (C=O) groups excluding carboxylic acids is 1. The van der Waals surface area contributed by atoms with Crippen LogP contribution in [0.15, 0.2) is 48.5 Å². The molecule has 0 aliphatic heterocycles. The zero-order chi connectivity index (χ0) is 16.7. The Kier molecular flexibility index (Phi) is 6.56. The molecule has 0 spiro atoms. The van der Waals surface area contributed by atoms with Crippen LogP contribution in [-0.4, -0.2) is 24.2 Å². The van der Waals surface area contributed by atoms with Crippen LogP contribution in [0, 0.1) is 5.82 Å². The standard InChI is InChI=1S/C18H19ClFNO2/c19-17-12-15(20)6-7-16(17)18(23)21-10-8-14(9-11-22)13-4-2-1-3-5-13/h1-7,12,14,22H,8-11H2,(H,21,23)/t14-/m1/s1. The molecule has 2 rings (SSSR count). The zero-order valence-electron chi connectivity index (χ0n) is 12.6. The highest BCUT2D eigenvalue weighted by Crippen LogP contribution is 2.22. The monoisotopic (exact) mass is 335 g/mol. The average molecular weight is 336 g/mol. The van der Waals surface area contributed by atoms with Crippen LogP contribution in [0.25, 0.3) is 0 Å². The minimum Gasteiger partial charge on any atom is -0.396 e. The van der Waals surface area contributed by atoms with Crippen molar-refractivity contribution in [1.29, 1.82) is 0 Å². The first-order chi connectivity index (χ1) is 11.1. The summed E-state index contributed by atoms with van der Waals surface area (Å²) in [5.74, 6) is -0.630. The van der Waals surface area contributed by atoms with Crippen molar-refractivity contribution in [3.63, 3.8) is 0 Å². The summed E-state index contributed by atoms with van der Waals surface area (Å²) in [5, 5.41) is 12.1. The fourth-order valence-electron chi connectivity index (χ4n) is 2.49. The Morgan fingerprint density at radius 2 is 1.91 bits per heavy atom. The van der Waals surface area contributed by atoms with Crippen LogP contribution in [0.2, 0.25) is 5.02 Å². The van der Waals surface area contributed by atoms with Crippen molar-refractivity contribution >= 4 is 17.5 Å². The van der Waals surface area contributed by atoms with Crippen molar-refractivity contribution in [2.24, 2.45) is 0 Å². The Labute approximate surface area is 140 Å². The zero-order valence-corrected chi connectivity index (χ0v) is 13.4. The van der Waals surface area contributed by atoms with Crippen LogP contribution in [0.4, 0.5) is 4.39 Å². The minimum absolute atomic E-state index is 0.0945. The van der Waals surface area contributed by atoms with E-state index in [1.165, 1.54) is 12.1 Å². The predicted octanol–water partition coefficient (Wildman–Crippen LogP) is 3.77. The lowest BCUT2D eigenvalue weighted by atomic mass is 9.93. The summed E-state index contributed by atoms with van der Waals surface area (Å²) in [6.45, 7) is 0.545. The molecule has 0 aliphatic carbocycles. The van der Waals surface area contributed by atoms with Gasteiger partial charge in [0.25, 0.3) is 5.91 Å². The van der Waals surface area contributed by atoms with Gasteiger partial charge in [-0.15, -0.1) is 0 Å². The lowest BCUT2D eigenvalue weighted by Gasteiger charge is -2.16. The van der Waals surface area contributed by atoms with Gasteiger partial charge < -0.3 is 10.4 Å². The largest absolute Gasteiger partial charge is 0.396 e. The van der Waals surface area contributed by atoms with Crippen molar-refractivity contribution in [2.45, 2.75) is 18.8 Å². The summed E-state index contributed by atoms with van der Waals surface area (Å²) in [6, 6.07) is 13.6. The second-order valence-corrected chi connectivity index (χ2v) is 5.70. The Hall–Kier alpha value is -1.91. The van der Waals surface area contributed by atoms with Crippen LogP contribution < -0.4 is 5.32 Å². The van der Waals surface area contributed by atoms with Crippen LogP contribution in [-0.2, 0) is 0 Å². The molecule has 23 heavy (non-hydrogen) atoms. The average Bonchev–Trinajstić information content (AvgIpc) is 2.54. The summed E-state index contributed by atoms with van der Waals surface area (Å²) in [6.07, 6.45) is 1.34. The van der Waals surface area contributed by atoms with Crippen molar-refractivity contribution in [3.8, 4) is 0 Å². The Balaban J connectivity index is 1.93. The van der Waals surface area contributed by atoms with Gasteiger partial charge in [-0.2, -0.15) is 0 Å². The molecule has 3 nitrogen and oxygen atoms in total. The molecule has 2 N–H and O–H groups in total. The highest BCUT2D eigenvalue weighted by Gasteiger charge is 2.14. The first kappa shape index (κ1) is 17.4. The van der Waals surface area contributed by atoms with Gasteiger partial charge in [-0.25, -0.2) is 4.39 Å². The molecule has 0 bridgehead atoms. The molecule has 1 atom stereocenters. The highest BCUT2D eigenvalue weighted by atomic mass is 35.5. The fourth-order valence-corrected chi connectivity index (χ4v) is 2.74. The van der Waals surface area contributed by atoms with Gasteiger partial charge in [0.2, 0.25) is 0 Å². The smallest absolute Gasteiger partial charge is 0.252 e. The number of hydrogen-bond donors (Lipinski definition) is 2. The van der Waals surface area contributed by atoms with E-state index in [0.29, 0.717) is 19.4 Å². The molecule has 122 valence electrons. The normalized spacial score (nSPS) is 12.0. The third-order valence-corrected chi connectivity index (χ3v) is 4.02. The summed E-state index contributed by atoms with van der Waals surface area (Å²) < 4.78 is 13.0. The van der Waals surface area contributed by atoms with E-state index in [0.717, 1.165) is 11.6 Å². The number of nitrogens with one attached hydrogen (secondary N) is 1. The molecule has 5 heteroatoms. The molecular formula is C18H19ClFNO2. The molecule has 0 aromatic heterocycles. The third-order valence-electron chi connectivity index (χ3n) is 3.70. The topological polar surface area (TPSA) is 49.3 Å². The maximum absolute atomic E-state index is 13.0. The Morgan fingerprint density at radius 1 is 1.17 bits per heavy atom. The van der Waals surface area contributed by atoms with E-state index in [1.807, 2.05) is 30.3 Å². The Bertz CT molecular complexity index is 649. The summed E-state index contributed by atoms with van der Waals surface area (Å²) in [4.78, 5) is 12.1. The van der Waals surface area contributed by atoms with E-state index in [4.69, 9.17) is 11.6 Å². The van der Waals surface area contributed by atoms with Gasteiger partial charge in [0.05, 0.1) is 10.6 Å². The van der Waals surface area contributed by atoms with Gasteiger partial charge in [0.15, 0.2) is 0 Å². The summed E-state index contributed by atoms with van der Waals surface area (Å²) in [7, 11) is 0. The first-order valence-corrected chi connectivity index (χ1v) is 7.88. The lowest BCUT2D eigenvalue weighted by molar-refractivity contribution is 0.0952. The number of hydrogen-bond acceptors (Lipinski definition) is 2. The van der Waals surface area contributed by atoms with Gasteiger partial charge in [-0.05, 0) is 42.5 Å². The number of amides is 1. The second-order valence-electron chi connectivity index (χ2n) is 5.29. The molecule has 0 saturated heterocycles. The van der Waals surface area contributed by atoms with Gasteiger partial charge in [-0.3, -0.25) is 4.79 Å². The number of benzene rings is 2. The molecule has 0 radical (unpaired) electrons. The second kappa shape index (κ2) is 8.65. The molecule has 2 aromatic rings. The van der Waals surface area contributed by atoms with Crippen molar-refractivity contribution in [1.82, 2.24) is 5.32 Å². The van der Waals surface area contributed by atoms with Crippen molar-refractivity contribution in [3.05, 3.63) is 70.5 Å². The van der Waals surface area contributed by atoms with E-state index >= 15 is 0 Å². The van der Waals surface area contributed by atoms with E-state index in [-0.39, 0.29) is 29.0 Å². The Morgan fingerprint density at radius 3 is 2.57 bits per heavy atom. The molecule has 0 aliphatic rings. The third kappa shape index (κ3) is 5.05. The van der Waals surface area contributed by atoms with Crippen LogP contribution in [0.1, 0.15) is 34.7 Å². The molecule has 2 aromatic carbocycles. The number of rotatable bonds is 7. The number of aliphatic hydroxyl groups excluding tert-OH is 1. The molecule has 0 fully saturated rings. The van der Waals surface area contributed by atoms with Gasteiger partial charge >= 0.3 is 0 Å². The van der Waals surface area contributed by atoms with Gasteiger partial charge in [0, 0.05) is 13.2 Å². The van der Waals surface area contributed by atoms with Gasteiger partial charge in [0.1, 0.15) is 5.82 Å². The van der Waals surface area contributed by atoms with Crippen molar-refractivity contribution < 1.29 is 14.3 Å².